The van der Waals surface area contributed by atoms with Crippen molar-refractivity contribution in [3.8, 4) is 0 Å². The summed E-state index contributed by atoms with van der Waals surface area (Å²) in [7, 11) is 0. The van der Waals surface area contributed by atoms with E-state index in [0.717, 1.165) is 5.76 Å². The number of hydrogen-bond acceptors (Lipinski definition) is 4. The van der Waals surface area contributed by atoms with E-state index in [-0.39, 0.29) is 11.9 Å². The van der Waals surface area contributed by atoms with Crippen LogP contribution in [-0.4, -0.2) is 29.7 Å². The number of furan rings is 1. The summed E-state index contributed by atoms with van der Waals surface area (Å²) in [6, 6.07) is 3.25. The highest BCUT2D eigenvalue weighted by molar-refractivity contribution is 5.81. The van der Waals surface area contributed by atoms with Crippen LogP contribution in [0.4, 0.5) is 0 Å². The van der Waals surface area contributed by atoms with E-state index >= 15 is 0 Å². The van der Waals surface area contributed by atoms with Gasteiger partial charge < -0.3 is 20.2 Å². The maximum atomic E-state index is 11.6. The Balaban J connectivity index is 2.23. The largest absolute Gasteiger partial charge is 0.467 e. The zero-order valence-electron chi connectivity index (χ0n) is 9.56. The highest BCUT2D eigenvalue weighted by Gasteiger charge is 2.12. The van der Waals surface area contributed by atoms with Crippen LogP contribution < -0.4 is 10.6 Å². The predicted molar refractivity (Wildman–Crippen MR) is 59.7 cm³/mol. The number of amides is 1. The summed E-state index contributed by atoms with van der Waals surface area (Å²) < 4.78 is 5.09. The van der Waals surface area contributed by atoms with Gasteiger partial charge in [-0.05, 0) is 26.0 Å². The minimum Gasteiger partial charge on any atom is -0.467 e. The minimum absolute atomic E-state index is 0.114. The Labute approximate surface area is 94.8 Å². The van der Waals surface area contributed by atoms with Crippen LogP contribution in [0.5, 0.6) is 0 Å². The molecule has 0 radical (unpaired) electrons. The maximum Gasteiger partial charge on any atom is 0.237 e. The van der Waals surface area contributed by atoms with E-state index in [1.807, 2.05) is 0 Å². The van der Waals surface area contributed by atoms with Crippen molar-refractivity contribution in [2.75, 3.05) is 6.54 Å². The van der Waals surface area contributed by atoms with Gasteiger partial charge in [-0.3, -0.25) is 4.79 Å². The molecule has 1 amide bonds. The summed E-state index contributed by atoms with van der Waals surface area (Å²) in [6.07, 6.45) is 1.11. The van der Waals surface area contributed by atoms with Crippen molar-refractivity contribution in [3.63, 3.8) is 0 Å². The van der Waals surface area contributed by atoms with Gasteiger partial charge >= 0.3 is 0 Å². The maximum absolute atomic E-state index is 11.6. The molecule has 0 aliphatic rings. The van der Waals surface area contributed by atoms with Gasteiger partial charge in [0.25, 0.3) is 0 Å². The molecule has 0 aliphatic heterocycles. The van der Waals surface area contributed by atoms with E-state index in [1.165, 1.54) is 0 Å². The van der Waals surface area contributed by atoms with Crippen molar-refractivity contribution in [1.82, 2.24) is 10.6 Å². The number of aliphatic hydroxyl groups is 1. The number of hydrogen-bond donors (Lipinski definition) is 3. The Bertz CT molecular complexity index is 309. The van der Waals surface area contributed by atoms with Gasteiger partial charge in [0.15, 0.2) is 0 Å². The molecule has 0 bridgehead atoms. The molecule has 0 saturated heterocycles. The first-order valence-electron chi connectivity index (χ1n) is 5.31. The second kappa shape index (κ2) is 6.30. The van der Waals surface area contributed by atoms with Crippen LogP contribution in [-0.2, 0) is 11.3 Å². The van der Waals surface area contributed by atoms with E-state index in [4.69, 9.17) is 9.52 Å². The molecule has 5 nitrogen and oxygen atoms in total. The molecule has 1 aromatic heterocycles. The Kier molecular flexibility index (Phi) is 5.01. The zero-order chi connectivity index (χ0) is 12.0. The lowest BCUT2D eigenvalue weighted by molar-refractivity contribution is -0.123. The molecule has 2 atom stereocenters. The summed E-state index contributed by atoms with van der Waals surface area (Å²) >= 11 is 0. The molecule has 0 aromatic carbocycles. The average Bonchev–Trinajstić information content (AvgIpc) is 2.75. The zero-order valence-corrected chi connectivity index (χ0v) is 9.56. The van der Waals surface area contributed by atoms with Gasteiger partial charge in [0, 0.05) is 6.54 Å². The summed E-state index contributed by atoms with van der Waals surface area (Å²) in [6.45, 7) is 4.20. The van der Waals surface area contributed by atoms with Crippen LogP contribution in [0.1, 0.15) is 19.6 Å². The third-order valence-corrected chi connectivity index (χ3v) is 2.13. The van der Waals surface area contributed by atoms with Crippen LogP contribution in [0.25, 0.3) is 0 Å². The highest BCUT2D eigenvalue weighted by atomic mass is 16.3. The molecule has 0 spiro atoms. The van der Waals surface area contributed by atoms with Gasteiger partial charge in [0.05, 0.1) is 25.0 Å². The fourth-order valence-corrected chi connectivity index (χ4v) is 1.18. The smallest absolute Gasteiger partial charge is 0.237 e. The Morgan fingerprint density at radius 1 is 1.56 bits per heavy atom. The second-order valence-corrected chi connectivity index (χ2v) is 3.78. The van der Waals surface area contributed by atoms with Crippen LogP contribution in [0.3, 0.4) is 0 Å². The monoisotopic (exact) mass is 226 g/mol. The summed E-state index contributed by atoms with van der Waals surface area (Å²) in [5.74, 6) is 0.605. The molecule has 0 aliphatic carbocycles. The molecule has 2 unspecified atom stereocenters. The van der Waals surface area contributed by atoms with Crippen molar-refractivity contribution < 1.29 is 14.3 Å². The lowest BCUT2D eigenvalue weighted by Crippen LogP contribution is -2.44. The number of aliphatic hydroxyl groups excluding tert-OH is 1. The molecule has 1 aromatic rings. The van der Waals surface area contributed by atoms with Crippen LogP contribution in [0.15, 0.2) is 22.8 Å². The van der Waals surface area contributed by atoms with E-state index in [2.05, 4.69) is 10.6 Å². The van der Waals surface area contributed by atoms with E-state index in [1.54, 1.807) is 32.2 Å². The standard InChI is InChI=1S/C11H18N2O3/c1-8(14)6-12-9(2)11(15)13-7-10-4-3-5-16-10/h3-5,8-9,12,14H,6-7H2,1-2H3,(H,13,15). The molecular weight excluding hydrogens is 208 g/mol. The number of nitrogens with one attached hydrogen (secondary N) is 2. The van der Waals surface area contributed by atoms with Crippen molar-refractivity contribution in [2.45, 2.75) is 32.5 Å². The molecule has 5 heteroatoms. The molecular formula is C11H18N2O3. The molecule has 90 valence electrons. The minimum atomic E-state index is -0.458. The molecule has 0 saturated carbocycles. The van der Waals surface area contributed by atoms with E-state index in [9.17, 15) is 4.79 Å². The third kappa shape index (κ3) is 4.46. The van der Waals surface area contributed by atoms with Gasteiger partial charge in [0.2, 0.25) is 5.91 Å². The van der Waals surface area contributed by atoms with Gasteiger partial charge in [-0.2, -0.15) is 0 Å². The van der Waals surface area contributed by atoms with Gasteiger partial charge in [-0.25, -0.2) is 0 Å². The summed E-state index contributed by atoms with van der Waals surface area (Å²) in [5, 5.41) is 14.7. The lowest BCUT2D eigenvalue weighted by atomic mass is 10.3. The average molecular weight is 226 g/mol. The Morgan fingerprint density at radius 2 is 2.31 bits per heavy atom. The Morgan fingerprint density at radius 3 is 2.88 bits per heavy atom. The van der Waals surface area contributed by atoms with Crippen LogP contribution in [0.2, 0.25) is 0 Å². The molecule has 1 heterocycles. The number of carbonyl (C=O) groups excluding carboxylic acids is 1. The van der Waals surface area contributed by atoms with Gasteiger partial charge in [-0.15, -0.1) is 0 Å². The van der Waals surface area contributed by atoms with E-state index in [0.29, 0.717) is 13.1 Å². The topological polar surface area (TPSA) is 74.5 Å². The molecule has 16 heavy (non-hydrogen) atoms. The van der Waals surface area contributed by atoms with Crippen molar-refractivity contribution in [3.05, 3.63) is 24.2 Å². The first kappa shape index (κ1) is 12.7. The van der Waals surface area contributed by atoms with Crippen LogP contribution in [0, 0.1) is 0 Å². The van der Waals surface area contributed by atoms with Crippen molar-refractivity contribution in [2.24, 2.45) is 0 Å². The second-order valence-electron chi connectivity index (χ2n) is 3.78. The summed E-state index contributed by atoms with van der Waals surface area (Å²) in [5.41, 5.74) is 0. The number of rotatable bonds is 6. The quantitative estimate of drug-likeness (QED) is 0.650. The van der Waals surface area contributed by atoms with Gasteiger partial charge in [0.1, 0.15) is 5.76 Å². The van der Waals surface area contributed by atoms with E-state index < -0.39 is 6.10 Å². The third-order valence-electron chi connectivity index (χ3n) is 2.13. The first-order valence-corrected chi connectivity index (χ1v) is 5.31. The first-order chi connectivity index (χ1) is 7.59. The normalized spacial score (nSPS) is 14.4. The molecule has 0 fully saturated rings. The molecule has 3 N–H and O–H groups in total. The predicted octanol–water partition coefficient (Wildman–Crippen LogP) is 0.255. The molecule has 1 rings (SSSR count). The lowest BCUT2D eigenvalue weighted by Gasteiger charge is -2.14. The van der Waals surface area contributed by atoms with Gasteiger partial charge in [-0.1, -0.05) is 0 Å². The fraction of sp³-hybridized carbons (Fsp3) is 0.545. The number of carbonyl (C=O) groups is 1. The van der Waals surface area contributed by atoms with Crippen LogP contribution >= 0.6 is 0 Å². The van der Waals surface area contributed by atoms with Crippen molar-refractivity contribution in [1.29, 1.82) is 0 Å². The Hall–Kier alpha value is -1.33. The summed E-state index contributed by atoms with van der Waals surface area (Å²) in [4.78, 5) is 11.6. The fourth-order valence-electron chi connectivity index (χ4n) is 1.18. The van der Waals surface area contributed by atoms with Crippen molar-refractivity contribution >= 4 is 5.91 Å². The highest BCUT2D eigenvalue weighted by Crippen LogP contribution is 1.98. The SMILES string of the molecule is CC(O)CNC(C)C(=O)NCc1ccco1.